The fourth-order valence-electron chi connectivity index (χ4n) is 8.45. The maximum absolute atomic E-state index is 5.45. The molecule has 12 aromatic rings. The molecule has 0 saturated heterocycles. The fourth-order valence-corrected chi connectivity index (χ4v) is 9.60. The third kappa shape index (κ3) is 3.23. The Morgan fingerprint density at radius 3 is 2.06 bits per heavy atom. The van der Waals surface area contributed by atoms with Gasteiger partial charge in [-0.1, -0.05) is 121 Å². The van der Waals surface area contributed by atoms with Gasteiger partial charge in [-0.3, -0.25) is 4.57 Å². The molecule has 0 radical (unpaired) electrons. The van der Waals surface area contributed by atoms with E-state index < -0.39 is 0 Å². The Kier molecular flexibility index (Phi) is 4.83. The summed E-state index contributed by atoms with van der Waals surface area (Å²) in [7, 11) is 0. The van der Waals surface area contributed by atoms with Gasteiger partial charge in [0.25, 0.3) is 0 Å². The molecule has 0 aliphatic rings. The number of rotatable bonds is 2. The highest BCUT2D eigenvalue weighted by atomic mass is 32.1. The normalized spacial score (nSPS) is 12.5. The van der Waals surface area contributed by atoms with E-state index in [-0.39, 0.29) is 0 Å². The highest BCUT2D eigenvalue weighted by molar-refractivity contribution is 7.26. The summed E-state index contributed by atoms with van der Waals surface area (Å²) in [5.41, 5.74) is 9.03. The molecule has 5 aromatic heterocycles. The number of thiophene rings is 1. The predicted molar refractivity (Wildman–Crippen MR) is 207 cm³/mol. The minimum absolute atomic E-state index is 0.688. The average molecular weight is 641 g/mol. The number of nitrogens with zero attached hydrogens (tertiary/aromatic N) is 4. The monoisotopic (exact) mass is 640 g/mol. The van der Waals surface area contributed by atoms with E-state index in [0.29, 0.717) is 5.95 Å². The number of hydrogen-bond donors (Lipinski definition) is 0. The molecular weight excluding hydrogens is 617 g/mol. The molecule has 12 rings (SSSR count). The lowest BCUT2D eigenvalue weighted by Gasteiger charge is -2.10. The third-order valence-corrected chi connectivity index (χ3v) is 11.6. The van der Waals surface area contributed by atoms with Crippen molar-refractivity contribution >= 4 is 102 Å². The topological polar surface area (TPSA) is 35.1 Å². The maximum Gasteiger partial charge on any atom is 0.235 e. The molecule has 0 atom stereocenters. The van der Waals surface area contributed by atoms with Crippen LogP contribution in [0, 0.1) is 0 Å². The Bertz CT molecular complexity index is 3330. The van der Waals surface area contributed by atoms with Crippen LogP contribution in [0.1, 0.15) is 0 Å². The minimum atomic E-state index is 0.688. The van der Waals surface area contributed by atoms with Crippen LogP contribution in [-0.4, -0.2) is 18.9 Å². The Balaban J connectivity index is 1.33. The summed E-state index contributed by atoms with van der Waals surface area (Å²) in [6, 6.07) is 52.5. The largest absolute Gasteiger partial charge is 0.307 e. The number of hydrogen-bond acceptors (Lipinski definition) is 3. The highest BCUT2D eigenvalue weighted by Gasteiger charge is 2.26. The van der Waals surface area contributed by atoms with Gasteiger partial charge in [-0.05, 0) is 29.7 Å². The molecule has 0 unspecified atom stereocenters. The van der Waals surface area contributed by atoms with E-state index >= 15 is 0 Å². The molecule has 0 amide bonds. The van der Waals surface area contributed by atoms with Crippen LogP contribution in [0.2, 0.25) is 0 Å². The zero-order valence-electron chi connectivity index (χ0n) is 26.1. The van der Waals surface area contributed by atoms with E-state index in [4.69, 9.17) is 9.97 Å². The molecule has 0 N–H and O–H groups in total. The molecule has 49 heavy (non-hydrogen) atoms. The molecule has 0 bridgehead atoms. The molecule has 5 heteroatoms. The standard InChI is InChI=1S/C44H24N4S/c1-2-13-26(14-3-1)39-43-40(30-18-8-11-21-36(30)49-43)46-44(45-39)47-34-20-10-7-17-29(34)37-35(47)24-32-28-16-6-9-19-33(28)48-41-27-15-5-4-12-25(27)22-23-31(41)38(37)42(32)48/h1-24H. The first-order chi connectivity index (χ1) is 24.3. The summed E-state index contributed by atoms with van der Waals surface area (Å²) in [5.74, 6) is 0.688. The predicted octanol–water partition coefficient (Wildman–Crippen LogP) is 11.9. The molecular formula is C44H24N4S. The summed E-state index contributed by atoms with van der Waals surface area (Å²) >= 11 is 1.77. The number of para-hydroxylation sites is 2. The van der Waals surface area contributed by atoms with Crippen LogP contribution in [0.4, 0.5) is 0 Å². The third-order valence-electron chi connectivity index (χ3n) is 10.4. The van der Waals surface area contributed by atoms with Crippen molar-refractivity contribution < 1.29 is 0 Å². The smallest absolute Gasteiger partial charge is 0.235 e. The van der Waals surface area contributed by atoms with Gasteiger partial charge in [-0.25, -0.2) is 9.97 Å². The first kappa shape index (κ1) is 25.7. The van der Waals surface area contributed by atoms with Gasteiger partial charge in [-0.15, -0.1) is 11.3 Å². The quantitative estimate of drug-likeness (QED) is 0.188. The number of fused-ring (bicyclic) bond motifs is 15. The van der Waals surface area contributed by atoms with E-state index in [2.05, 4.69) is 155 Å². The van der Waals surface area contributed by atoms with E-state index in [0.717, 1.165) is 37.9 Å². The van der Waals surface area contributed by atoms with Gasteiger partial charge in [0.2, 0.25) is 5.95 Å². The lowest BCUT2D eigenvalue weighted by atomic mass is 10.0. The van der Waals surface area contributed by atoms with Gasteiger partial charge >= 0.3 is 0 Å². The Labute approximate surface area is 283 Å². The average Bonchev–Trinajstić information content (AvgIpc) is 3.90. The van der Waals surface area contributed by atoms with Crippen LogP contribution >= 0.6 is 11.3 Å². The first-order valence-electron chi connectivity index (χ1n) is 16.6. The number of benzene rings is 7. The van der Waals surface area contributed by atoms with Crippen LogP contribution in [0.25, 0.3) is 108 Å². The van der Waals surface area contributed by atoms with E-state index in [1.807, 2.05) is 0 Å². The number of aromatic nitrogens is 4. The lowest BCUT2D eigenvalue weighted by molar-refractivity contribution is 1.02. The van der Waals surface area contributed by atoms with Gasteiger partial charge in [-0.2, -0.15) is 0 Å². The summed E-state index contributed by atoms with van der Waals surface area (Å²) < 4.78 is 7.15. The Hall–Kier alpha value is -6.30. The SMILES string of the molecule is c1ccc(-c2nc(-n3c4ccccc4c4c5c6ccc7ccccc7c6n6c7ccccc7c(cc43)c56)nc3c2sc2ccccc23)cc1. The zero-order valence-corrected chi connectivity index (χ0v) is 26.9. The molecule has 0 aliphatic carbocycles. The first-order valence-corrected chi connectivity index (χ1v) is 17.4. The van der Waals surface area contributed by atoms with Gasteiger partial charge in [0.15, 0.2) is 0 Å². The van der Waals surface area contributed by atoms with Crippen molar-refractivity contribution in [3.05, 3.63) is 146 Å². The maximum atomic E-state index is 5.45. The van der Waals surface area contributed by atoms with Crippen molar-refractivity contribution in [2.45, 2.75) is 0 Å². The molecule has 4 nitrogen and oxygen atoms in total. The molecule has 0 spiro atoms. The molecule has 5 heterocycles. The lowest BCUT2D eigenvalue weighted by Crippen LogP contribution is -2.02. The van der Waals surface area contributed by atoms with Gasteiger partial charge in [0, 0.05) is 53.4 Å². The Morgan fingerprint density at radius 2 is 1.18 bits per heavy atom. The second kappa shape index (κ2) is 9.19. The summed E-state index contributed by atoms with van der Waals surface area (Å²) in [6.07, 6.45) is 0. The molecule has 226 valence electrons. The second-order valence-corrected chi connectivity index (χ2v) is 14.0. The molecule has 0 aliphatic heterocycles. The Morgan fingerprint density at radius 1 is 0.469 bits per heavy atom. The van der Waals surface area contributed by atoms with Crippen molar-refractivity contribution in [2.24, 2.45) is 0 Å². The second-order valence-electron chi connectivity index (χ2n) is 12.9. The summed E-state index contributed by atoms with van der Waals surface area (Å²) in [6.45, 7) is 0. The van der Waals surface area contributed by atoms with Crippen molar-refractivity contribution in [3.8, 4) is 17.2 Å². The molecule has 7 aromatic carbocycles. The van der Waals surface area contributed by atoms with Crippen LogP contribution in [-0.2, 0) is 0 Å². The van der Waals surface area contributed by atoms with E-state index in [1.54, 1.807) is 11.3 Å². The fraction of sp³-hybridized carbons (Fsp3) is 0. The van der Waals surface area contributed by atoms with Crippen LogP contribution in [0.5, 0.6) is 0 Å². The van der Waals surface area contributed by atoms with Gasteiger partial charge < -0.3 is 4.40 Å². The van der Waals surface area contributed by atoms with Crippen LogP contribution in [0.3, 0.4) is 0 Å². The summed E-state index contributed by atoms with van der Waals surface area (Å²) in [4.78, 5) is 10.9. The van der Waals surface area contributed by atoms with Crippen molar-refractivity contribution in [1.29, 1.82) is 0 Å². The van der Waals surface area contributed by atoms with Crippen molar-refractivity contribution in [3.63, 3.8) is 0 Å². The highest BCUT2D eigenvalue weighted by Crippen LogP contribution is 2.48. The van der Waals surface area contributed by atoms with Gasteiger partial charge in [0.05, 0.1) is 43.5 Å². The van der Waals surface area contributed by atoms with Gasteiger partial charge in [0.1, 0.15) is 0 Å². The van der Waals surface area contributed by atoms with E-state index in [9.17, 15) is 0 Å². The molecule has 0 fully saturated rings. The van der Waals surface area contributed by atoms with Crippen molar-refractivity contribution in [1.82, 2.24) is 18.9 Å². The summed E-state index contributed by atoms with van der Waals surface area (Å²) in [5, 5.41) is 11.2. The van der Waals surface area contributed by atoms with E-state index in [1.165, 1.54) is 64.3 Å². The molecule has 0 saturated carbocycles. The van der Waals surface area contributed by atoms with Crippen molar-refractivity contribution in [2.75, 3.05) is 0 Å². The van der Waals surface area contributed by atoms with Crippen LogP contribution in [0.15, 0.2) is 146 Å². The van der Waals surface area contributed by atoms with Crippen LogP contribution < -0.4 is 0 Å². The zero-order chi connectivity index (χ0) is 31.8. The minimum Gasteiger partial charge on any atom is -0.307 e.